The lowest BCUT2D eigenvalue weighted by atomic mass is 9.96. The third-order valence-corrected chi connectivity index (χ3v) is 3.42. The summed E-state index contributed by atoms with van der Waals surface area (Å²) in [4.78, 5) is 12.3. The number of methoxy groups -OCH3 is 1. The third-order valence-electron chi connectivity index (χ3n) is 3.42. The van der Waals surface area contributed by atoms with Gasteiger partial charge in [0.25, 0.3) is 0 Å². The molecule has 1 aromatic rings. The summed E-state index contributed by atoms with van der Waals surface area (Å²) in [6.45, 7) is 4.62. The molecule has 0 spiro atoms. The molecule has 1 aliphatic rings. The quantitative estimate of drug-likeness (QED) is 0.771. The number of aryl methyl sites for hydroxylation is 2. The molecule has 0 N–H and O–H groups in total. The minimum absolute atomic E-state index is 0.101. The van der Waals surface area contributed by atoms with Crippen LogP contribution in [0.3, 0.4) is 0 Å². The van der Waals surface area contributed by atoms with Crippen LogP contribution in [0, 0.1) is 13.8 Å². The molecule has 3 heteroatoms. The zero-order valence-corrected chi connectivity index (χ0v) is 11.3. The van der Waals surface area contributed by atoms with E-state index in [4.69, 9.17) is 9.47 Å². The van der Waals surface area contributed by atoms with Gasteiger partial charge < -0.3 is 9.47 Å². The van der Waals surface area contributed by atoms with Crippen molar-refractivity contribution in [1.29, 1.82) is 0 Å². The second kappa shape index (κ2) is 5.53. The van der Waals surface area contributed by atoms with Crippen molar-refractivity contribution in [3.05, 3.63) is 28.8 Å². The summed E-state index contributed by atoms with van der Waals surface area (Å²) in [5.41, 5.74) is 2.73. The Morgan fingerprint density at radius 1 is 1.28 bits per heavy atom. The molecule has 0 bridgehead atoms. The molecular formula is C15H20O3. The predicted molar refractivity (Wildman–Crippen MR) is 70.4 cm³/mol. The fraction of sp³-hybridized carbons (Fsp3) is 0.533. The molecule has 1 fully saturated rings. The smallest absolute Gasteiger partial charge is 0.191 e. The molecule has 0 saturated carbocycles. The van der Waals surface area contributed by atoms with Gasteiger partial charge in [-0.1, -0.05) is 0 Å². The Kier molecular flexibility index (Phi) is 4.02. The second-order valence-corrected chi connectivity index (χ2v) is 4.86. The van der Waals surface area contributed by atoms with Gasteiger partial charge in [0.15, 0.2) is 5.78 Å². The maximum absolute atomic E-state index is 12.3. The highest BCUT2D eigenvalue weighted by Crippen LogP contribution is 2.26. The van der Waals surface area contributed by atoms with Gasteiger partial charge >= 0.3 is 0 Å². The summed E-state index contributed by atoms with van der Waals surface area (Å²) in [6.07, 6.45) is 2.71. The van der Waals surface area contributed by atoms with Gasteiger partial charge in [0.2, 0.25) is 0 Å². The van der Waals surface area contributed by atoms with Crippen molar-refractivity contribution in [2.45, 2.75) is 39.2 Å². The van der Waals surface area contributed by atoms with Crippen LogP contribution >= 0.6 is 0 Å². The minimum Gasteiger partial charge on any atom is -0.496 e. The van der Waals surface area contributed by atoms with Gasteiger partial charge in [-0.15, -0.1) is 0 Å². The zero-order chi connectivity index (χ0) is 13.1. The fourth-order valence-electron chi connectivity index (χ4n) is 2.55. The topological polar surface area (TPSA) is 35.5 Å². The molecule has 98 valence electrons. The summed E-state index contributed by atoms with van der Waals surface area (Å²) < 4.78 is 10.9. The number of carbonyl (C=O) groups is 1. The summed E-state index contributed by atoms with van der Waals surface area (Å²) in [7, 11) is 1.65. The number of hydrogen-bond acceptors (Lipinski definition) is 3. The van der Waals surface area contributed by atoms with Crippen LogP contribution in [-0.4, -0.2) is 25.6 Å². The predicted octanol–water partition coefficient (Wildman–Crippen LogP) is 3.06. The number of ketones is 1. The minimum atomic E-state index is -0.258. The van der Waals surface area contributed by atoms with E-state index in [1.165, 1.54) is 0 Å². The first-order chi connectivity index (χ1) is 8.63. The number of hydrogen-bond donors (Lipinski definition) is 0. The van der Waals surface area contributed by atoms with E-state index in [-0.39, 0.29) is 11.9 Å². The van der Waals surface area contributed by atoms with Gasteiger partial charge in [0, 0.05) is 12.2 Å². The van der Waals surface area contributed by atoms with Crippen LogP contribution in [0.5, 0.6) is 5.75 Å². The average molecular weight is 248 g/mol. The average Bonchev–Trinajstić information content (AvgIpc) is 2.38. The summed E-state index contributed by atoms with van der Waals surface area (Å²) in [5, 5.41) is 0. The van der Waals surface area contributed by atoms with E-state index in [2.05, 4.69) is 0 Å². The summed E-state index contributed by atoms with van der Waals surface area (Å²) in [5.74, 6) is 0.958. The molecule has 1 saturated heterocycles. The van der Waals surface area contributed by atoms with Crippen molar-refractivity contribution in [2.24, 2.45) is 0 Å². The normalized spacial score (nSPS) is 19.6. The molecule has 2 rings (SSSR count). The molecule has 0 radical (unpaired) electrons. The van der Waals surface area contributed by atoms with E-state index in [0.29, 0.717) is 6.61 Å². The number of rotatable bonds is 3. The molecule has 1 unspecified atom stereocenters. The number of Topliss-reactive ketones (excluding diaryl/α,β-unsaturated/α-hetero) is 1. The molecule has 1 heterocycles. The van der Waals surface area contributed by atoms with Crippen molar-refractivity contribution in [1.82, 2.24) is 0 Å². The highest BCUT2D eigenvalue weighted by molar-refractivity contribution is 6.00. The Bertz CT molecular complexity index is 422. The van der Waals surface area contributed by atoms with Crippen molar-refractivity contribution >= 4 is 5.78 Å². The molecule has 3 nitrogen and oxygen atoms in total. The summed E-state index contributed by atoms with van der Waals surface area (Å²) >= 11 is 0. The van der Waals surface area contributed by atoms with E-state index in [0.717, 1.165) is 41.7 Å². The molecule has 1 aromatic carbocycles. The first kappa shape index (κ1) is 13.1. The van der Waals surface area contributed by atoms with Gasteiger partial charge in [-0.05, 0) is 56.4 Å². The van der Waals surface area contributed by atoms with Gasteiger partial charge in [0.05, 0.1) is 7.11 Å². The van der Waals surface area contributed by atoms with E-state index in [1.807, 2.05) is 26.0 Å². The van der Waals surface area contributed by atoms with Crippen LogP contribution in [0.2, 0.25) is 0 Å². The van der Waals surface area contributed by atoms with Crippen molar-refractivity contribution in [3.63, 3.8) is 0 Å². The Labute approximate surface area is 108 Å². The number of ether oxygens (including phenoxy) is 2. The van der Waals surface area contributed by atoms with Crippen LogP contribution < -0.4 is 4.74 Å². The molecule has 18 heavy (non-hydrogen) atoms. The molecule has 0 amide bonds. The van der Waals surface area contributed by atoms with Crippen molar-refractivity contribution in [2.75, 3.05) is 13.7 Å². The lowest BCUT2D eigenvalue weighted by Crippen LogP contribution is -2.28. The molecule has 0 aromatic heterocycles. The number of carbonyl (C=O) groups excluding carboxylic acids is 1. The lowest BCUT2D eigenvalue weighted by molar-refractivity contribution is 0.0186. The van der Waals surface area contributed by atoms with E-state index >= 15 is 0 Å². The monoisotopic (exact) mass is 248 g/mol. The molecule has 1 atom stereocenters. The highest BCUT2D eigenvalue weighted by atomic mass is 16.5. The van der Waals surface area contributed by atoms with E-state index in [1.54, 1.807) is 7.11 Å². The van der Waals surface area contributed by atoms with E-state index < -0.39 is 0 Å². The third kappa shape index (κ3) is 2.56. The molecule has 0 aliphatic carbocycles. The maximum Gasteiger partial charge on any atom is 0.191 e. The molecular weight excluding hydrogens is 228 g/mol. The lowest BCUT2D eigenvalue weighted by Gasteiger charge is -2.22. The largest absolute Gasteiger partial charge is 0.496 e. The van der Waals surface area contributed by atoms with Crippen LogP contribution in [0.4, 0.5) is 0 Å². The van der Waals surface area contributed by atoms with Gasteiger partial charge in [-0.3, -0.25) is 4.79 Å². The Hall–Kier alpha value is -1.35. The highest BCUT2D eigenvalue weighted by Gasteiger charge is 2.24. The van der Waals surface area contributed by atoms with Gasteiger partial charge in [0.1, 0.15) is 11.9 Å². The maximum atomic E-state index is 12.3. The van der Waals surface area contributed by atoms with Crippen LogP contribution in [0.25, 0.3) is 0 Å². The van der Waals surface area contributed by atoms with Gasteiger partial charge in [-0.2, -0.15) is 0 Å². The summed E-state index contributed by atoms with van der Waals surface area (Å²) in [6, 6.07) is 3.79. The van der Waals surface area contributed by atoms with Crippen LogP contribution in [0.1, 0.15) is 40.7 Å². The van der Waals surface area contributed by atoms with E-state index in [9.17, 15) is 4.79 Å². The first-order valence-electron chi connectivity index (χ1n) is 6.44. The van der Waals surface area contributed by atoms with Crippen LogP contribution in [0.15, 0.2) is 12.1 Å². The Morgan fingerprint density at radius 2 is 1.94 bits per heavy atom. The standard InChI is InChI=1S/C15H20O3/c1-10-8-12(9-11(2)15(10)17-3)14(16)13-6-4-5-7-18-13/h8-9,13H,4-7H2,1-3H3. The van der Waals surface area contributed by atoms with Crippen molar-refractivity contribution in [3.8, 4) is 5.75 Å². The zero-order valence-electron chi connectivity index (χ0n) is 11.3. The fourth-order valence-corrected chi connectivity index (χ4v) is 2.55. The second-order valence-electron chi connectivity index (χ2n) is 4.86. The van der Waals surface area contributed by atoms with Gasteiger partial charge in [-0.25, -0.2) is 0 Å². The number of benzene rings is 1. The SMILES string of the molecule is COc1c(C)cc(C(=O)C2CCCCO2)cc1C. The molecule has 1 aliphatic heterocycles. The Balaban J connectivity index is 2.25. The van der Waals surface area contributed by atoms with Crippen LogP contribution in [-0.2, 0) is 4.74 Å². The first-order valence-corrected chi connectivity index (χ1v) is 6.44. The Morgan fingerprint density at radius 3 is 2.44 bits per heavy atom. The van der Waals surface area contributed by atoms with Crippen molar-refractivity contribution < 1.29 is 14.3 Å².